The smallest absolute Gasteiger partial charge is 0.390 e. The monoisotopic (exact) mass is 808 g/mol. The standard InChI is InChI=1S/C44H45F5N4O3.ClH/c1-3-8-34(9-4-2)53-17-14-36-37(21-29(22-38(36)42(53)56)35-13-6-5-10-28(35)25-50)41(55)52-39(20-27-18-32(45)24-33(46)19-27)40(54)26-51-43(15-16-43)30-11-7-12-31(23-30)44(47,48)49;/h5-7,10-13,18-19,21-24,34,39-40,51,54H,3-4,8-9,14-17,20,26H2,1-2H3,(H,52,55);1H/t39-,40-;/m0./s1. The second-order valence-electron chi connectivity index (χ2n) is 14.9. The molecule has 1 fully saturated rings. The van der Waals surface area contributed by atoms with Crippen molar-refractivity contribution in [1.29, 1.82) is 5.26 Å². The van der Waals surface area contributed by atoms with Crippen molar-refractivity contribution in [3.8, 4) is 17.2 Å². The van der Waals surface area contributed by atoms with E-state index < -0.39 is 47.0 Å². The molecule has 2 atom stereocenters. The predicted octanol–water partition coefficient (Wildman–Crippen LogP) is 8.89. The van der Waals surface area contributed by atoms with Gasteiger partial charge in [-0.3, -0.25) is 9.59 Å². The summed E-state index contributed by atoms with van der Waals surface area (Å²) in [6.07, 6.45) is -1.28. The Kier molecular flexibility index (Phi) is 13.8. The number of fused-ring (bicyclic) bond motifs is 1. The normalized spacial score (nSPS) is 15.6. The van der Waals surface area contributed by atoms with E-state index in [0.29, 0.717) is 65.3 Å². The molecule has 1 aliphatic carbocycles. The summed E-state index contributed by atoms with van der Waals surface area (Å²) in [6, 6.07) is 19.2. The number of hydrogen-bond donors (Lipinski definition) is 3. The quantitative estimate of drug-likeness (QED) is 0.104. The molecular weight excluding hydrogens is 763 g/mol. The summed E-state index contributed by atoms with van der Waals surface area (Å²) >= 11 is 0. The van der Waals surface area contributed by atoms with Crippen molar-refractivity contribution in [2.45, 2.75) is 95.1 Å². The van der Waals surface area contributed by atoms with Crippen molar-refractivity contribution < 1.29 is 36.6 Å². The van der Waals surface area contributed by atoms with Gasteiger partial charge in [0.1, 0.15) is 11.6 Å². The van der Waals surface area contributed by atoms with E-state index in [4.69, 9.17) is 0 Å². The minimum atomic E-state index is -4.54. The molecule has 1 aliphatic heterocycles. The first-order valence-corrected chi connectivity index (χ1v) is 19.1. The van der Waals surface area contributed by atoms with E-state index in [1.165, 1.54) is 6.07 Å². The molecule has 0 unspecified atom stereocenters. The number of halogens is 6. The Morgan fingerprint density at radius 2 is 1.63 bits per heavy atom. The van der Waals surface area contributed by atoms with Gasteiger partial charge in [-0.25, -0.2) is 8.78 Å². The average Bonchev–Trinajstić information content (AvgIpc) is 3.97. The molecule has 13 heteroatoms. The molecule has 0 aromatic heterocycles. The molecule has 1 saturated carbocycles. The molecule has 0 bridgehead atoms. The maximum Gasteiger partial charge on any atom is 0.416 e. The van der Waals surface area contributed by atoms with Gasteiger partial charge in [0.05, 0.1) is 29.3 Å². The maximum absolute atomic E-state index is 14.5. The van der Waals surface area contributed by atoms with Crippen LogP contribution in [0.5, 0.6) is 0 Å². The molecule has 6 rings (SSSR count). The van der Waals surface area contributed by atoms with Crippen molar-refractivity contribution in [1.82, 2.24) is 15.5 Å². The zero-order chi connectivity index (χ0) is 40.2. The molecule has 0 radical (unpaired) electrons. The minimum Gasteiger partial charge on any atom is -0.390 e. The van der Waals surface area contributed by atoms with Crippen molar-refractivity contribution in [3.05, 3.63) is 129 Å². The molecule has 2 amide bonds. The van der Waals surface area contributed by atoms with Gasteiger partial charge in [0, 0.05) is 41.9 Å². The maximum atomic E-state index is 14.5. The SMILES string of the molecule is CCCC(CCC)N1CCc2c(C(=O)N[C@@H](Cc3cc(F)cc(F)c3)[C@@H](O)CNC3(c4cccc(C(F)(F)F)c4)CC3)cc(-c3ccccc3C#N)cc2C1=O.Cl. The van der Waals surface area contributed by atoms with Crippen LogP contribution < -0.4 is 10.6 Å². The van der Waals surface area contributed by atoms with Gasteiger partial charge < -0.3 is 20.6 Å². The number of rotatable bonds is 15. The van der Waals surface area contributed by atoms with Gasteiger partial charge in [-0.1, -0.05) is 57.0 Å². The van der Waals surface area contributed by atoms with Crippen LogP contribution in [-0.2, 0) is 24.6 Å². The fraction of sp³-hybridized carbons (Fsp3) is 0.386. The topological polar surface area (TPSA) is 105 Å². The highest BCUT2D eigenvalue weighted by Crippen LogP contribution is 2.46. The highest BCUT2D eigenvalue weighted by Gasteiger charge is 2.45. The summed E-state index contributed by atoms with van der Waals surface area (Å²) < 4.78 is 69.3. The number of amides is 2. The van der Waals surface area contributed by atoms with Gasteiger partial charge >= 0.3 is 6.18 Å². The summed E-state index contributed by atoms with van der Waals surface area (Å²) in [5.74, 6) is -2.55. The minimum absolute atomic E-state index is 0. The number of nitriles is 1. The lowest BCUT2D eigenvalue weighted by Gasteiger charge is -2.36. The summed E-state index contributed by atoms with van der Waals surface area (Å²) in [5.41, 5.74) is 1.31. The van der Waals surface area contributed by atoms with Gasteiger partial charge in [-0.05, 0) is 109 Å². The summed E-state index contributed by atoms with van der Waals surface area (Å²) in [5, 5.41) is 27.7. The third-order valence-corrected chi connectivity index (χ3v) is 10.9. The molecule has 2 aliphatic rings. The second-order valence-corrected chi connectivity index (χ2v) is 14.9. The lowest BCUT2D eigenvalue weighted by Crippen LogP contribution is -2.50. The van der Waals surface area contributed by atoms with Crippen LogP contribution in [0.4, 0.5) is 22.0 Å². The molecular formula is C44H46ClF5N4O3. The summed E-state index contributed by atoms with van der Waals surface area (Å²) in [6.45, 7) is 4.36. The first-order valence-electron chi connectivity index (χ1n) is 19.1. The Hall–Kier alpha value is -4.83. The van der Waals surface area contributed by atoms with Crippen molar-refractivity contribution in [3.63, 3.8) is 0 Å². The Morgan fingerprint density at radius 3 is 2.26 bits per heavy atom. The molecule has 1 heterocycles. The van der Waals surface area contributed by atoms with Crippen LogP contribution in [0.25, 0.3) is 11.1 Å². The van der Waals surface area contributed by atoms with Crippen molar-refractivity contribution in [2.24, 2.45) is 0 Å². The predicted molar refractivity (Wildman–Crippen MR) is 210 cm³/mol. The number of carbonyl (C=O) groups is 2. The first-order chi connectivity index (χ1) is 26.8. The Balaban J connectivity index is 0.00000620. The van der Waals surface area contributed by atoms with Crippen LogP contribution in [0.1, 0.15) is 101 Å². The van der Waals surface area contributed by atoms with Gasteiger partial charge in [0.2, 0.25) is 0 Å². The molecule has 3 N–H and O–H groups in total. The van der Waals surface area contributed by atoms with Crippen molar-refractivity contribution >= 4 is 24.2 Å². The first kappa shape index (κ1) is 43.3. The molecule has 0 saturated heterocycles. The third-order valence-electron chi connectivity index (χ3n) is 10.9. The lowest BCUT2D eigenvalue weighted by atomic mass is 9.87. The van der Waals surface area contributed by atoms with Crippen LogP contribution >= 0.6 is 12.4 Å². The van der Waals surface area contributed by atoms with Crippen molar-refractivity contribution in [2.75, 3.05) is 13.1 Å². The van der Waals surface area contributed by atoms with Crippen LogP contribution in [-0.4, -0.2) is 53.1 Å². The number of hydrogen-bond acceptors (Lipinski definition) is 5. The van der Waals surface area contributed by atoms with E-state index in [9.17, 15) is 41.9 Å². The Morgan fingerprint density at radius 1 is 0.947 bits per heavy atom. The van der Waals surface area contributed by atoms with Crippen LogP contribution in [0, 0.1) is 23.0 Å². The molecule has 302 valence electrons. The molecule has 4 aromatic carbocycles. The van der Waals surface area contributed by atoms with E-state index in [1.54, 1.807) is 42.5 Å². The highest BCUT2D eigenvalue weighted by molar-refractivity contribution is 6.05. The van der Waals surface area contributed by atoms with E-state index in [2.05, 4.69) is 30.6 Å². The van der Waals surface area contributed by atoms with Crippen LogP contribution in [0.15, 0.2) is 78.9 Å². The third kappa shape index (κ3) is 9.83. The lowest BCUT2D eigenvalue weighted by molar-refractivity contribution is -0.137. The van der Waals surface area contributed by atoms with Gasteiger partial charge in [0.25, 0.3) is 11.8 Å². The molecule has 0 spiro atoms. The number of nitrogens with zero attached hydrogens (tertiary/aromatic N) is 2. The number of alkyl halides is 3. The summed E-state index contributed by atoms with van der Waals surface area (Å²) in [4.78, 5) is 30.6. The van der Waals surface area contributed by atoms with Gasteiger partial charge in [-0.15, -0.1) is 12.4 Å². The largest absolute Gasteiger partial charge is 0.416 e. The zero-order valence-corrected chi connectivity index (χ0v) is 32.6. The number of aliphatic hydroxyl groups is 1. The Labute approximate surface area is 335 Å². The number of nitrogens with one attached hydrogen (secondary N) is 2. The number of aliphatic hydroxyl groups excluding tert-OH is 1. The Bertz CT molecular complexity index is 2110. The molecule has 57 heavy (non-hydrogen) atoms. The van der Waals surface area contributed by atoms with E-state index in [1.807, 2.05) is 4.90 Å². The molecule has 4 aromatic rings. The van der Waals surface area contributed by atoms with E-state index >= 15 is 0 Å². The van der Waals surface area contributed by atoms with E-state index in [-0.39, 0.29) is 48.4 Å². The summed E-state index contributed by atoms with van der Waals surface area (Å²) in [7, 11) is 0. The molecule has 7 nitrogen and oxygen atoms in total. The van der Waals surface area contributed by atoms with Crippen LogP contribution in [0.3, 0.4) is 0 Å². The van der Waals surface area contributed by atoms with Gasteiger partial charge in [0.15, 0.2) is 0 Å². The highest BCUT2D eigenvalue weighted by atomic mass is 35.5. The van der Waals surface area contributed by atoms with Gasteiger partial charge in [-0.2, -0.15) is 18.4 Å². The fourth-order valence-corrected chi connectivity index (χ4v) is 7.92. The zero-order valence-electron chi connectivity index (χ0n) is 31.8. The number of carbonyl (C=O) groups excluding carboxylic acids is 2. The average molecular weight is 809 g/mol. The number of benzene rings is 4. The second kappa shape index (κ2) is 18.2. The fourth-order valence-electron chi connectivity index (χ4n) is 7.92. The van der Waals surface area contributed by atoms with Crippen LogP contribution in [0.2, 0.25) is 0 Å². The van der Waals surface area contributed by atoms with E-state index in [0.717, 1.165) is 49.9 Å².